The number of thiophene rings is 1. The van der Waals surface area contributed by atoms with Gasteiger partial charge < -0.3 is 14.8 Å². The average Bonchev–Trinajstić information content (AvgIpc) is 3.05. The van der Waals surface area contributed by atoms with Crippen molar-refractivity contribution in [3.63, 3.8) is 0 Å². The predicted octanol–water partition coefficient (Wildman–Crippen LogP) is 3.27. The van der Waals surface area contributed by atoms with E-state index in [0.717, 1.165) is 24.3 Å². The molecule has 0 saturated heterocycles. The lowest BCUT2D eigenvalue weighted by Crippen LogP contribution is -2.27. The van der Waals surface area contributed by atoms with Crippen LogP contribution < -0.4 is 14.8 Å². The van der Waals surface area contributed by atoms with Gasteiger partial charge in [0.1, 0.15) is 18.1 Å². The Kier molecular flexibility index (Phi) is 6.77. The molecule has 0 aliphatic carbocycles. The summed E-state index contributed by atoms with van der Waals surface area (Å²) >= 11 is 1.73. The van der Waals surface area contributed by atoms with Gasteiger partial charge in [0, 0.05) is 17.4 Å². The van der Waals surface area contributed by atoms with Crippen LogP contribution in [0.1, 0.15) is 17.7 Å². The van der Waals surface area contributed by atoms with Crippen molar-refractivity contribution in [2.75, 3.05) is 20.3 Å². The Balaban J connectivity index is 1.56. The highest BCUT2D eigenvalue weighted by Gasteiger charge is 2.02. The van der Waals surface area contributed by atoms with E-state index in [1.165, 1.54) is 4.88 Å². The number of hydrogen-bond donors (Lipinski definition) is 1. The van der Waals surface area contributed by atoms with Crippen molar-refractivity contribution in [1.82, 2.24) is 5.32 Å². The molecule has 0 aliphatic rings. The van der Waals surface area contributed by atoms with Crippen LogP contribution in [0, 0.1) is 0 Å². The summed E-state index contributed by atoms with van der Waals surface area (Å²) < 4.78 is 10.7. The fourth-order valence-electron chi connectivity index (χ4n) is 2.02. The minimum Gasteiger partial charge on any atom is -0.497 e. The van der Waals surface area contributed by atoms with E-state index in [1.807, 2.05) is 30.3 Å². The Labute approximate surface area is 135 Å². The molecule has 2 rings (SSSR count). The minimum atomic E-state index is 0.0748. The van der Waals surface area contributed by atoms with Gasteiger partial charge in [0.25, 0.3) is 0 Å². The number of amides is 1. The Hall–Kier alpha value is -2.01. The van der Waals surface area contributed by atoms with Crippen LogP contribution >= 0.6 is 11.3 Å². The highest BCUT2D eigenvalue weighted by Crippen LogP contribution is 2.18. The van der Waals surface area contributed by atoms with Crippen LogP contribution in [0.3, 0.4) is 0 Å². The SMILES string of the molecule is COc1cccc(OCCNC(=O)CCCc2cccs2)c1. The molecule has 1 amide bonds. The van der Waals surface area contributed by atoms with Gasteiger partial charge in [0.05, 0.1) is 13.7 Å². The second kappa shape index (κ2) is 9.10. The summed E-state index contributed by atoms with van der Waals surface area (Å²) in [7, 11) is 1.62. The number of rotatable bonds is 9. The number of ether oxygens (including phenoxy) is 2. The van der Waals surface area contributed by atoms with Crippen LogP contribution in [0.2, 0.25) is 0 Å². The maximum absolute atomic E-state index is 11.7. The van der Waals surface area contributed by atoms with Gasteiger partial charge in [-0.05, 0) is 36.4 Å². The van der Waals surface area contributed by atoms with Crippen molar-refractivity contribution < 1.29 is 14.3 Å². The highest BCUT2D eigenvalue weighted by atomic mass is 32.1. The number of carbonyl (C=O) groups is 1. The molecule has 2 aromatic rings. The number of aryl methyl sites for hydroxylation is 1. The van der Waals surface area contributed by atoms with Gasteiger partial charge in [-0.25, -0.2) is 0 Å². The van der Waals surface area contributed by atoms with E-state index in [9.17, 15) is 4.79 Å². The molecule has 1 aromatic carbocycles. The van der Waals surface area contributed by atoms with Gasteiger partial charge in [-0.1, -0.05) is 12.1 Å². The Bertz CT molecular complexity index is 569. The molecule has 0 bridgehead atoms. The first kappa shape index (κ1) is 16.4. The zero-order valence-corrected chi connectivity index (χ0v) is 13.5. The van der Waals surface area contributed by atoms with Crippen molar-refractivity contribution >= 4 is 17.2 Å². The van der Waals surface area contributed by atoms with Gasteiger partial charge in [-0.3, -0.25) is 4.79 Å². The van der Waals surface area contributed by atoms with Crippen molar-refractivity contribution in [3.8, 4) is 11.5 Å². The van der Waals surface area contributed by atoms with Crippen LogP contribution in [-0.4, -0.2) is 26.2 Å². The largest absolute Gasteiger partial charge is 0.497 e. The van der Waals surface area contributed by atoms with Crippen LogP contribution in [0.15, 0.2) is 41.8 Å². The molecule has 118 valence electrons. The maximum Gasteiger partial charge on any atom is 0.220 e. The molecule has 1 N–H and O–H groups in total. The topological polar surface area (TPSA) is 47.6 Å². The molecule has 0 aliphatic heterocycles. The molecule has 1 heterocycles. The van der Waals surface area contributed by atoms with E-state index in [4.69, 9.17) is 9.47 Å². The molecule has 1 aromatic heterocycles. The van der Waals surface area contributed by atoms with Crippen molar-refractivity contribution in [1.29, 1.82) is 0 Å². The highest BCUT2D eigenvalue weighted by molar-refractivity contribution is 7.09. The number of hydrogen-bond acceptors (Lipinski definition) is 4. The molecule has 0 fully saturated rings. The lowest BCUT2D eigenvalue weighted by molar-refractivity contribution is -0.121. The first-order valence-electron chi connectivity index (χ1n) is 7.34. The molecular weight excluding hydrogens is 298 g/mol. The third-order valence-electron chi connectivity index (χ3n) is 3.14. The summed E-state index contributed by atoms with van der Waals surface area (Å²) in [5, 5.41) is 4.93. The van der Waals surface area contributed by atoms with Crippen LogP contribution in [0.25, 0.3) is 0 Å². The second-order valence-electron chi connectivity index (χ2n) is 4.81. The molecule has 0 atom stereocenters. The maximum atomic E-state index is 11.7. The lowest BCUT2D eigenvalue weighted by atomic mass is 10.2. The smallest absolute Gasteiger partial charge is 0.220 e. The molecular formula is C17H21NO3S. The fourth-order valence-corrected chi connectivity index (χ4v) is 2.77. The third-order valence-corrected chi connectivity index (χ3v) is 4.08. The van der Waals surface area contributed by atoms with E-state index in [0.29, 0.717) is 19.6 Å². The summed E-state index contributed by atoms with van der Waals surface area (Å²) in [5.74, 6) is 1.58. The van der Waals surface area contributed by atoms with E-state index in [1.54, 1.807) is 18.4 Å². The van der Waals surface area contributed by atoms with Gasteiger partial charge in [0.2, 0.25) is 5.91 Å². The quantitative estimate of drug-likeness (QED) is 0.722. The standard InChI is InChI=1S/C17H21NO3S/c1-20-14-5-2-6-15(13-14)21-11-10-18-17(19)9-3-7-16-8-4-12-22-16/h2,4-6,8,12-13H,3,7,9-11H2,1H3,(H,18,19). The summed E-state index contributed by atoms with van der Waals surface area (Å²) in [4.78, 5) is 13.0. The third kappa shape index (κ3) is 5.77. The van der Waals surface area contributed by atoms with Gasteiger partial charge in [-0.15, -0.1) is 11.3 Å². The van der Waals surface area contributed by atoms with E-state index >= 15 is 0 Å². The van der Waals surface area contributed by atoms with Crippen LogP contribution in [0.5, 0.6) is 11.5 Å². The van der Waals surface area contributed by atoms with Gasteiger partial charge in [-0.2, -0.15) is 0 Å². The van der Waals surface area contributed by atoms with Gasteiger partial charge >= 0.3 is 0 Å². The van der Waals surface area contributed by atoms with E-state index in [2.05, 4.69) is 16.8 Å². The van der Waals surface area contributed by atoms with Gasteiger partial charge in [0.15, 0.2) is 0 Å². The molecule has 0 spiro atoms. The molecule has 0 unspecified atom stereocenters. The molecule has 22 heavy (non-hydrogen) atoms. The Morgan fingerprint density at radius 2 is 2.09 bits per heavy atom. The molecule has 0 radical (unpaired) electrons. The normalized spacial score (nSPS) is 10.2. The summed E-state index contributed by atoms with van der Waals surface area (Å²) in [5.41, 5.74) is 0. The van der Waals surface area contributed by atoms with Crippen molar-refractivity contribution in [2.24, 2.45) is 0 Å². The van der Waals surface area contributed by atoms with E-state index < -0.39 is 0 Å². The zero-order valence-electron chi connectivity index (χ0n) is 12.7. The average molecular weight is 319 g/mol. The van der Waals surface area contributed by atoms with E-state index in [-0.39, 0.29) is 5.91 Å². The second-order valence-corrected chi connectivity index (χ2v) is 5.84. The number of benzene rings is 1. The molecule has 0 saturated carbocycles. The van der Waals surface area contributed by atoms with Crippen LogP contribution in [-0.2, 0) is 11.2 Å². The number of methoxy groups -OCH3 is 1. The van der Waals surface area contributed by atoms with Crippen molar-refractivity contribution in [3.05, 3.63) is 46.7 Å². The molecule has 5 heteroatoms. The Morgan fingerprint density at radius 1 is 1.23 bits per heavy atom. The monoisotopic (exact) mass is 319 g/mol. The summed E-state index contributed by atoms with van der Waals surface area (Å²) in [6.45, 7) is 0.957. The number of nitrogens with one attached hydrogen (secondary N) is 1. The predicted molar refractivity (Wildman–Crippen MR) is 88.8 cm³/mol. The number of carbonyl (C=O) groups excluding carboxylic acids is 1. The van der Waals surface area contributed by atoms with Crippen LogP contribution in [0.4, 0.5) is 0 Å². The Morgan fingerprint density at radius 3 is 2.86 bits per heavy atom. The molecule has 4 nitrogen and oxygen atoms in total. The first-order chi connectivity index (χ1) is 10.8. The fraction of sp³-hybridized carbons (Fsp3) is 0.353. The first-order valence-corrected chi connectivity index (χ1v) is 8.22. The van der Waals surface area contributed by atoms with Crippen molar-refractivity contribution in [2.45, 2.75) is 19.3 Å². The summed E-state index contributed by atoms with van der Waals surface area (Å²) in [6.07, 6.45) is 2.39. The lowest BCUT2D eigenvalue weighted by Gasteiger charge is -2.08. The summed E-state index contributed by atoms with van der Waals surface area (Å²) in [6, 6.07) is 11.6. The minimum absolute atomic E-state index is 0.0748. The zero-order chi connectivity index (χ0) is 15.6.